The van der Waals surface area contributed by atoms with Crippen molar-refractivity contribution in [2.24, 2.45) is 5.92 Å². The van der Waals surface area contributed by atoms with Gasteiger partial charge in [0, 0.05) is 32.8 Å². The summed E-state index contributed by atoms with van der Waals surface area (Å²) in [5.41, 5.74) is -0.365. The molecule has 4 heteroatoms. The number of nitrogens with one attached hydrogen (secondary N) is 1. The van der Waals surface area contributed by atoms with Crippen molar-refractivity contribution < 1.29 is 4.74 Å². The van der Waals surface area contributed by atoms with Crippen molar-refractivity contribution in [2.45, 2.75) is 44.7 Å². The van der Waals surface area contributed by atoms with Crippen LogP contribution in [-0.4, -0.2) is 50.3 Å². The third-order valence-electron chi connectivity index (χ3n) is 3.43. The van der Waals surface area contributed by atoms with Gasteiger partial charge in [0.05, 0.1) is 6.07 Å². The highest BCUT2D eigenvalue weighted by molar-refractivity contribution is 5.17. The summed E-state index contributed by atoms with van der Waals surface area (Å²) in [4.78, 5) is 2.25. The summed E-state index contributed by atoms with van der Waals surface area (Å²) in [7, 11) is 3.82. The quantitative estimate of drug-likeness (QED) is 0.634. The Morgan fingerprint density at radius 1 is 1.50 bits per heavy atom. The second-order valence-electron chi connectivity index (χ2n) is 5.74. The second-order valence-corrected chi connectivity index (χ2v) is 5.74. The van der Waals surface area contributed by atoms with Gasteiger partial charge in [-0.25, -0.2) is 0 Å². The summed E-state index contributed by atoms with van der Waals surface area (Å²) in [6.45, 7) is 6.78. The van der Waals surface area contributed by atoms with Gasteiger partial charge in [0.15, 0.2) is 0 Å². The molecule has 1 rings (SSSR count). The number of ether oxygens (including phenoxy) is 1. The number of methoxy groups -OCH3 is 1. The topological polar surface area (TPSA) is 48.3 Å². The Kier molecular flexibility index (Phi) is 6.07. The molecule has 0 aromatic carbocycles. The van der Waals surface area contributed by atoms with Crippen LogP contribution >= 0.6 is 0 Å². The van der Waals surface area contributed by atoms with E-state index in [9.17, 15) is 5.26 Å². The molecule has 0 aliphatic heterocycles. The lowest BCUT2D eigenvalue weighted by molar-refractivity contribution is 0.165. The van der Waals surface area contributed by atoms with E-state index in [0.717, 1.165) is 26.1 Å². The molecular weight excluding hydrogens is 226 g/mol. The fraction of sp³-hybridized carbons (Fsp3) is 0.929. The highest BCUT2D eigenvalue weighted by Gasteiger charge is 2.46. The Balaban J connectivity index is 2.52. The zero-order chi connectivity index (χ0) is 13.6. The molecule has 4 nitrogen and oxygen atoms in total. The van der Waals surface area contributed by atoms with E-state index >= 15 is 0 Å². The van der Waals surface area contributed by atoms with E-state index in [0.29, 0.717) is 12.0 Å². The lowest BCUT2D eigenvalue weighted by Gasteiger charge is -2.34. The van der Waals surface area contributed by atoms with E-state index in [1.807, 2.05) is 0 Å². The van der Waals surface area contributed by atoms with Crippen molar-refractivity contribution in [3.8, 4) is 6.07 Å². The first-order chi connectivity index (χ1) is 8.54. The third kappa shape index (κ3) is 4.56. The van der Waals surface area contributed by atoms with Crippen LogP contribution in [0.2, 0.25) is 0 Å². The highest BCUT2D eigenvalue weighted by Crippen LogP contribution is 2.40. The molecular formula is C14H27N3O. The largest absolute Gasteiger partial charge is 0.385 e. The van der Waals surface area contributed by atoms with Crippen molar-refractivity contribution in [1.82, 2.24) is 10.2 Å². The molecule has 1 fully saturated rings. The molecule has 1 saturated carbocycles. The van der Waals surface area contributed by atoms with Gasteiger partial charge in [0.25, 0.3) is 0 Å². The average Bonchev–Trinajstić information content (AvgIpc) is 3.11. The maximum atomic E-state index is 9.59. The maximum Gasteiger partial charge on any atom is 0.122 e. The number of nitrogens with zero attached hydrogens (tertiary/aromatic N) is 2. The van der Waals surface area contributed by atoms with E-state index < -0.39 is 0 Å². The Bertz CT molecular complexity index is 283. The van der Waals surface area contributed by atoms with Gasteiger partial charge in [-0.1, -0.05) is 0 Å². The molecule has 104 valence electrons. The van der Waals surface area contributed by atoms with Gasteiger partial charge < -0.3 is 9.64 Å². The standard InChI is InChI=1S/C14H27N3O/c1-12(2)16-14(10-15,13-6-7-13)11-17(3)8-5-9-18-4/h12-13,16H,5-9,11H2,1-4H3. The van der Waals surface area contributed by atoms with Gasteiger partial charge in [0.2, 0.25) is 0 Å². The number of nitriles is 1. The van der Waals surface area contributed by atoms with Gasteiger partial charge >= 0.3 is 0 Å². The molecule has 1 unspecified atom stereocenters. The first-order valence-corrected chi connectivity index (χ1v) is 6.90. The summed E-state index contributed by atoms with van der Waals surface area (Å²) in [6.07, 6.45) is 3.37. The zero-order valence-corrected chi connectivity index (χ0v) is 12.2. The van der Waals surface area contributed by atoms with Crippen LogP contribution in [0.1, 0.15) is 33.1 Å². The van der Waals surface area contributed by atoms with Gasteiger partial charge in [-0.2, -0.15) is 5.26 Å². The summed E-state index contributed by atoms with van der Waals surface area (Å²) in [6, 6.07) is 2.89. The number of likely N-dealkylation sites (N-methyl/N-ethyl adjacent to an activating group) is 1. The van der Waals surface area contributed by atoms with Crippen LogP contribution in [0.4, 0.5) is 0 Å². The Morgan fingerprint density at radius 3 is 2.61 bits per heavy atom. The molecule has 0 aromatic heterocycles. The summed E-state index contributed by atoms with van der Waals surface area (Å²) < 4.78 is 5.07. The zero-order valence-electron chi connectivity index (χ0n) is 12.2. The SMILES string of the molecule is COCCCN(C)CC(C#N)(NC(C)C)C1CC1. The van der Waals surface area contributed by atoms with Crippen LogP contribution < -0.4 is 5.32 Å². The molecule has 1 aliphatic carbocycles. The summed E-state index contributed by atoms with van der Waals surface area (Å²) in [5, 5.41) is 13.1. The maximum absolute atomic E-state index is 9.59. The van der Waals surface area contributed by atoms with E-state index in [4.69, 9.17) is 4.74 Å². The fourth-order valence-corrected chi connectivity index (χ4v) is 2.53. The van der Waals surface area contributed by atoms with E-state index in [1.54, 1.807) is 7.11 Å². The second kappa shape index (κ2) is 7.08. The molecule has 0 bridgehead atoms. The van der Waals surface area contributed by atoms with Crippen LogP contribution in [0.5, 0.6) is 0 Å². The van der Waals surface area contributed by atoms with Gasteiger partial charge in [-0.15, -0.1) is 0 Å². The molecule has 0 spiro atoms. The first-order valence-electron chi connectivity index (χ1n) is 6.90. The first kappa shape index (κ1) is 15.4. The van der Waals surface area contributed by atoms with Gasteiger partial charge in [-0.3, -0.25) is 5.32 Å². The number of rotatable bonds is 9. The Morgan fingerprint density at radius 2 is 2.17 bits per heavy atom. The van der Waals surface area contributed by atoms with Crippen molar-refractivity contribution >= 4 is 0 Å². The number of hydrogen-bond donors (Lipinski definition) is 1. The van der Waals surface area contributed by atoms with Gasteiger partial charge in [-0.05, 0) is 46.1 Å². The van der Waals surface area contributed by atoms with Crippen LogP contribution in [0, 0.1) is 17.2 Å². The highest BCUT2D eigenvalue weighted by atomic mass is 16.5. The lowest BCUT2D eigenvalue weighted by atomic mass is 9.93. The predicted molar refractivity (Wildman–Crippen MR) is 73.3 cm³/mol. The molecule has 0 aromatic rings. The van der Waals surface area contributed by atoms with Crippen molar-refractivity contribution in [3.63, 3.8) is 0 Å². The van der Waals surface area contributed by atoms with E-state index in [2.05, 4.69) is 37.2 Å². The molecule has 18 heavy (non-hydrogen) atoms. The molecule has 1 aliphatic rings. The van der Waals surface area contributed by atoms with E-state index in [-0.39, 0.29) is 5.54 Å². The van der Waals surface area contributed by atoms with Crippen LogP contribution in [-0.2, 0) is 4.74 Å². The minimum atomic E-state index is -0.365. The summed E-state index contributed by atoms with van der Waals surface area (Å²) in [5.74, 6) is 0.523. The van der Waals surface area contributed by atoms with E-state index in [1.165, 1.54) is 12.8 Å². The van der Waals surface area contributed by atoms with Crippen LogP contribution in [0.25, 0.3) is 0 Å². The Hall–Kier alpha value is -0.630. The molecule has 0 radical (unpaired) electrons. The minimum Gasteiger partial charge on any atom is -0.385 e. The van der Waals surface area contributed by atoms with Crippen molar-refractivity contribution in [1.29, 1.82) is 5.26 Å². The smallest absolute Gasteiger partial charge is 0.122 e. The van der Waals surface area contributed by atoms with Crippen molar-refractivity contribution in [2.75, 3.05) is 33.9 Å². The van der Waals surface area contributed by atoms with Crippen molar-refractivity contribution in [3.05, 3.63) is 0 Å². The predicted octanol–water partition coefficient (Wildman–Crippen LogP) is 1.63. The molecule has 0 heterocycles. The normalized spacial score (nSPS) is 18.9. The minimum absolute atomic E-state index is 0.345. The van der Waals surface area contributed by atoms with Crippen LogP contribution in [0.15, 0.2) is 0 Å². The average molecular weight is 253 g/mol. The van der Waals surface area contributed by atoms with Gasteiger partial charge in [0.1, 0.15) is 5.54 Å². The lowest BCUT2D eigenvalue weighted by Crippen LogP contribution is -2.56. The molecule has 0 amide bonds. The monoisotopic (exact) mass is 253 g/mol. The third-order valence-corrected chi connectivity index (χ3v) is 3.43. The number of hydrogen-bond acceptors (Lipinski definition) is 4. The molecule has 1 N–H and O–H groups in total. The summed E-state index contributed by atoms with van der Waals surface area (Å²) >= 11 is 0. The molecule has 1 atom stereocenters. The molecule has 0 saturated heterocycles. The Labute approximate surface area is 111 Å². The fourth-order valence-electron chi connectivity index (χ4n) is 2.53. The van der Waals surface area contributed by atoms with Crippen LogP contribution in [0.3, 0.4) is 0 Å².